The van der Waals surface area contributed by atoms with E-state index >= 15 is 0 Å². The first-order valence-corrected chi connectivity index (χ1v) is 12.7. The average Bonchev–Trinajstić information content (AvgIpc) is 3.65. The van der Waals surface area contributed by atoms with Gasteiger partial charge in [0.15, 0.2) is 6.23 Å². The maximum atomic E-state index is 11.9. The van der Waals surface area contributed by atoms with E-state index < -0.39 is 30.6 Å². The number of hydrogen-bond donors (Lipinski definition) is 4. The number of carbonyl (C=O) groups excluding carboxylic acids is 1. The molecule has 1 aliphatic heterocycles. The molecule has 190 valence electrons. The summed E-state index contributed by atoms with van der Waals surface area (Å²) in [4.78, 5) is 11.9. The van der Waals surface area contributed by atoms with E-state index in [4.69, 9.17) is 16.3 Å². The third-order valence-electron chi connectivity index (χ3n) is 7.07. The van der Waals surface area contributed by atoms with Crippen molar-refractivity contribution < 1.29 is 24.9 Å². The molecule has 0 bridgehead atoms. The smallest absolute Gasteiger partial charge is 0.243 e. The number of nitrogens with zero attached hydrogens (tertiary/aromatic N) is 1. The van der Waals surface area contributed by atoms with Gasteiger partial charge in [-0.3, -0.25) is 4.79 Å². The highest BCUT2D eigenvalue weighted by molar-refractivity contribution is 6.35. The highest BCUT2D eigenvalue weighted by Gasteiger charge is 2.45. The second kappa shape index (κ2) is 10.4. The molecule has 1 amide bonds. The first-order valence-electron chi connectivity index (χ1n) is 12.3. The van der Waals surface area contributed by atoms with Gasteiger partial charge in [-0.05, 0) is 67.0 Å². The summed E-state index contributed by atoms with van der Waals surface area (Å²) in [5.41, 5.74) is 4.22. The van der Waals surface area contributed by atoms with Crippen molar-refractivity contribution in [1.82, 2.24) is 9.88 Å². The van der Waals surface area contributed by atoms with Crippen LogP contribution in [0.25, 0.3) is 10.9 Å². The predicted octanol–water partition coefficient (Wildman–Crippen LogP) is 3.44. The van der Waals surface area contributed by atoms with Crippen LogP contribution in [0.4, 0.5) is 0 Å². The number of fused-ring (bicyclic) bond motifs is 1. The van der Waals surface area contributed by atoms with Crippen LogP contribution in [-0.4, -0.2) is 56.8 Å². The number of benzene rings is 2. The van der Waals surface area contributed by atoms with Crippen LogP contribution in [-0.2, 0) is 16.0 Å². The maximum absolute atomic E-state index is 11.9. The molecule has 1 aromatic heterocycles. The third kappa shape index (κ3) is 4.94. The van der Waals surface area contributed by atoms with Crippen LogP contribution in [0, 0.1) is 0 Å². The van der Waals surface area contributed by atoms with Crippen molar-refractivity contribution in [2.75, 3.05) is 6.54 Å². The summed E-state index contributed by atoms with van der Waals surface area (Å²) < 4.78 is 7.84. The van der Waals surface area contributed by atoms with Crippen LogP contribution in [0.3, 0.4) is 0 Å². The summed E-state index contributed by atoms with van der Waals surface area (Å²) in [5, 5.41) is 36.1. The summed E-state index contributed by atoms with van der Waals surface area (Å²) in [6.07, 6.45) is 1.89. The Labute approximate surface area is 215 Å². The monoisotopic (exact) mass is 510 g/mol. The minimum absolute atomic E-state index is 0.0230. The Kier molecular flexibility index (Phi) is 7.19. The summed E-state index contributed by atoms with van der Waals surface area (Å²) in [5.74, 6) is 0.358. The molecule has 8 heteroatoms. The molecule has 2 fully saturated rings. The van der Waals surface area contributed by atoms with Gasteiger partial charge in [-0.2, -0.15) is 0 Å². The topological polar surface area (TPSA) is 104 Å². The fourth-order valence-corrected chi connectivity index (χ4v) is 5.27. The number of hydrogen-bond acceptors (Lipinski definition) is 5. The van der Waals surface area contributed by atoms with Crippen LogP contribution in [0.15, 0.2) is 60.8 Å². The van der Waals surface area contributed by atoms with Crippen LogP contribution in [0.2, 0.25) is 5.02 Å². The van der Waals surface area contributed by atoms with Crippen molar-refractivity contribution in [1.29, 1.82) is 0 Å². The molecule has 36 heavy (non-hydrogen) atoms. The van der Waals surface area contributed by atoms with Crippen molar-refractivity contribution in [2.45, 2.75) is 62.7 Å². The summed E-state index contributed by atoms with van der Waals surface area (Å²) in [6, 6.07) is 14.2. The largest absolute Gasteiger partial charge is 0.388 e. The molecule has 4 N–H and O–H groups in total. The highest BCUT2D eigenvalue weighted by atomic mass is 35.5. The third-order valence-corrected chi connectivity index (χ3v) is 7.38. The Hall–Kier alpha value is -2.68. The van der Waals surface area contributed by atoms with Gasteiger partial charge in [0.05, 0.1) is 10.5 Å². The van der Waals surface area contributed by atoms with E-state index in [9.17, 15) is 20.1 Å². The number of aromatic nitrogens is 1. The Morgan fingerprint density at radius 2 is 1.86 bits per heavy atom. The predicted molar refractivity (Wildman–Crippen MR) is 138 cm³/mol. The highest BCUT2D eigenvalue weighted by Crippen LogP contribution is 2.40. The summed E-state index contributed by atoms with van der Waals surface area (Å²) >= 11 is 6.63. The molecule has 2 aliphatic rings. The molecule has 7 nitrogen and oxygen atoms in total. The maximum Gasteiger partial charge on any atom is 0.243 e. The van der Waals surface area contributed by atoms with Crippen molar-refractivity contribution in [2.24, 2.45) is 0 Å². The molecule has 0 spiro atoms. The fraction of sp³-hybridized carbons (Fsp3) is 0.393. The number of aliphatic hydroxyl groups is 3. The SMILES string of the molecule is C/C=C/C(=O)NC[C@H]1O[C@@H](n2cc(Cc3ccc(C4CC4)cc3)c3c(Cl)cccc32)[C@H](O)[C@@H](O)[C@@H]1O. The number of halogens is 1. The molecule has 2 heterocycles. The fourth-order valence-electron chi connectivity index (χ4n) is 4.98. The molecule has 1 saturated carbocycles. The molecule has 1 saturated heterocycles. The van der Waals surface area contributed by atoms with E-state index in [0.717, 1.165) is 22.0 Å². The number of amides is 1. The number of nitrogens with one attached hydrogen (secondary N) is 1. The van der Waals surface area contributed by atoms with E-state index in [2.05, 4.69) is 29.6 Å². The van der Waals surface area contributed by atoms with Crippen LogP contribution < -0.4 is 5.32 Å². The van der Waals surface area contributed by atoms with Crippen molar-refractivity contribution in [3.05, 3.63) is 82.5 Å². The molecule has 1 aliphatic carbocycles. The molecular formula is C28H31ClN2O5. The Morgan fingerprint density at radius 3 is 2.56 bits per heavy atom. The van der Waals surface area contributed by atoms with Crippen molar-refractivity contribution in [3.63, 3.8) is 0 Å². The van der Waals surface area contributed by atoms with Gasteiger partial charge in [0.25, 0.3) is 0 Å². The van der Waals surface area contributed by atoms with E-state index in [0.29, 0.717) is 17.4 Å². The van der Waals surface area contributed by atoms with Crippen molar-refractivity contribution in [3.8, 4) is 0 Å². The first-order chi connectivity index (χ1) is 17.4. The summed E-state index contributed by atoms with van der Waals surface area (Å²) in [6.45, 7) is 1.70. The quantitative estimate of drug-likeness (QED) is 0.365. The van der Waals surface area contributed by atoms with E-state index in [1.807, 2.05) is 24.4 Å². The number of ether oxygens (including phenoxy) is 1. The zero-order valence-corrected chi connectivity index (χ0v) is 20.8. The normalized spacial score (nSPS) is 26.5. The second-order valence-electron chi connectivity index (χ2n) is 9.67. The van der Waals surface area contributed by atoms with Gasteiger partial charge >= 0.3 is 0 Å². The Morgan fingerprint density at radius 1 is 1.11 bits per heavy atom. The molecule has 2 aromatic carbocycles. The molecule has 0 radical (unpaired) electrons. The molecular weight excluding hydrogens is 480 g/mol. The zero-order valence-electron chi connectivity index (χ0n) is 20.0. The molecule has 5 atom stereocenters. The zero-order chi connectivity index (χ0) is 25.4. The summed E-state index contributed by atoms with van der Waals surface area (Å²) in [7, 11) is 0. The lowest BCUT2D eigenvalue weighted by Crippen LogP contribution is -2.58. The van der Waals surface area contributed by atoms with Crippen LogP contribution >= 0.6 is 11.6 Å². The van der Waals surface area contributed by atoms with Gasteiger partial charge in [0, 0.05) is 18.1 Å². The van der Waals surface area contributed by atoms with Crippen molar-refractivity contribution >= 4 is 28.4 Å². The van der Waals surface area contributed by atoms with Gasteiger partial charge in [-0.15, -0.1) is 0 Å². The number of rotatable bonds is 7. The van der Waals surface area contributed by atoms with E-state index in [-0.39, 0.29) is 12.5 Å². The average molecular weight is 511 g/mol. The van der Waals surface area contributed by atoms with Gasteiger partial charge in [-0.1, -0.05) is 48.0 Å². The molecule has 0 unspecified atom stereocenters. The number of carbonyl (C=O) groups is 1. The number of allylic oxidation sites excluding steroid dienone is 1. The van der Waals surface area contributed by atoms with Crippen LogP contribution in [0.5, 0.6) is 0 Å². The molecule has 3 aromatic rings. The molecule has 5 rings (SSSR count). The van der Waals surface area contributed by atoms with Gasteiger partial charge < -0.3 is 29.9 Å². The second-order valence-corrected chi connectivity index (χ2v) is 10.1. The van der Waals surface area contributed by atoms with Gasteiger partial charge in [-0.25, -0.2) is 0 Å². The van der Waals surface area contributed by atoms with E-state index in [1.165, 1.54) is 24.5 Å². The lowest BCUT2D eigenvalue weighted by atomic mass is 9.97. The standard InChI is InChI=1S/C28H31ClN2O5/c1-2-4-23(32)30-14-22-25(33)26(34)27(35)28(36-22)31-15-19(24-20(29)5-3-6-21(24)31)13-16-7-9-17(10-8-16)18-11-12-18/h2-10,15,18,22,25-28,33-35H,11-14H2,1H3,(H,30,32)/b4-2+/t22-,25-,26+,27-,28-/m1/s1. The minimum atomic E-state index is -1.46. The first kappa shape index (κ1) is 25.0. The minimum Gasteiger partial charge on any atom is -0.388 e. The van der Waals surface area contributed by atoms with Crippen LogP contribution in [0.1, 0.15) is 48.6 Å². The van der Waals surface area contributed by atoms with Gasteiger partial charge in [0.1, 0.15) is 24.4 Å². The lowest BCUT2D eigenvalue weighted by Gasteiger charge is -2.41. The van der Waals surface area contributed by atoms with Gasteiger partial charge in [0.2, 0.25) is 5.91 Å². The Bertz CT molecular complexity index is 1270. The Balaban J connectivity index is 1.45. The lowest BCUT2D eigenvalue weighted by molar-refractivity contribution is -0.242. The number of aliphatic hydroxyl groups excluding tert-OH is 3. The van der Waals surface area contributed by atoms with E-state index in [1.54, 1.807) is 17.6 Å².